The number of nitrogens with zero attached hydrogens (tertiary/aromatic N) is 2. The molecule has 0 saturated carbocycles. The van der Waals surface area contributed by atoms with Crippen molar-refractivity contribution < 1.29 is 5.11 Å². The van der Waals surface area contributed by atoms with Crippen molar-refractivity contribution in [1.82, 2.24) is 9.55 Å². The van der Waals surface area contributed by atoms with Gasteiger partial charge >= 0.3 is 0 Å². The van der Waals surface area contributed by atoms with Gasteiger partial charge in [-0.15, -0.1) is 0 Å². The molecule has 0 amide bonds. The molecule has 4 heteroatoms. The van der Waals surface area contributed by atoms with Crippen LogP contribution < -0.4 is 5.73 Å². The number of hydrogen-bond acceptors (Lipinski definition) is 3. The van der Waals surface area contributed by atoms with Gasteiger partial charge in [0.2, 0.25) is 0 Å². The molecule has 0 aliphatic carbocycles. The van der Waals surface area contributed by atoms with Crippen LogP contribution in [0.2, 0.25) is 0 Å². The molecule has 1 aromatic carbocycles. The van der Waals surface area contributed by atoms with Crippen molar-refractivity contribution in [2.24, 2.45) is 5.73 Å². The van der Waals surface area contributed by atoms with Crippen molar-refractivity contribution in [2.45, 2.75) is 19.5 Å². The van der Waals surface area contributed by atoms with Crippen LogP contribution in [0.5, 0.6) is 0 Å². The predicted octanol–water partition coefficient (Wildman–Crippen LogP) is 1.23. The molecular weight excluding hydrogens is 214 g/mol. The van der Waals surface area contributed by atoms with Gasteiger partial charge in [0.15, 0.2) is 0 Å². The Balaban J connectivity index is 2.22. The van der Waals surface area contributed by atoms with Crippen molar-refractivity contribution in [1.29, 1.82) is 0 Å². The Morgan fingerprint density at radius 1 is 1.47 bits per heavy atom. The Morgan fingerprint density at radius 3 is 3.00 bits per heavy atom. The normalized spacial score (nSPS) is 12.6. The van der Waals surface area contributed by atoms with E-state index >= 15 is 0 Å². The van der Waals surface area contributed by atoms with Gasteiger partial charge in [0.1, 0.15) is 0 Å². The second-order valence-corrected chi connectivity index (χ2v) is 4.22. The first-order valence-electron chi connectivity index (χ1n) is 5.62. The molecule has 2 rings (SSSR count). The van der Waals surface area contributed by atoms with Crippen molar-refractivity contribution in [3.63, 3.8) is 0 Å². The van der Waals surface area contributed by atoms with E-state index in [0.717, 1.165) is 12.2 Å². The molecule has 0 fully saturated rings. The van der Waals surface area contributed by atoms with Gasteiger partial charge in [-0.2, -0.15) is 0 Å². The first-order valence-corrected chi connectivity index (χ1v) is 5.62. The summed E-state index contributed by atoms with van der Waals surface area (Å²) in [7, 11) is 0. The fraction of sp³-hybridized carbons (Fsp3) is 0.308. The van der Waals surface area contributed by atoms with Crippen LogP contribution in [0.4, 0.5) is 0 Å². The Bertz CT molecular complexity index is 493. The molecule has 1 heterocycles. The van der Waals surface area contributed by atoms with E-state index in [9.17, 15) is 0 Å². The Kier molecular flexibility index (Phi) is 3.56. The van der Waals surface area contributed by atoms with Crippen LogP contribution in [0.25, 0.3) is 0 Å². The van der Waals surface area contributed by atoms with Gasteiger partial charge in [-0.3, -0.25) is 0 Å². The van der Waals surface area contributed by atoms with E-state index in [1.807, 2.05) is 10.6 Å². The largest absolute Gasteiger partial charge is 0.394 e. The van der Waals surface area contributed by atoms with Crippen molar-refractivity contribution >= 4 is 0 Å². The Hall–Kier alpha value is -1.65. The lowest BCUT2D eigenvalue weighted by molar-refractivity contribution is 0.263. The molecule has 0 radical (unpaired) electrons. The first-order chi connectivity index (χ1) is 8.20. The molecule has 1 unspecified atom stereocenters. The number of hydrogen-bond donors (Lipinski definition) is 2. The van der Waals surface area contributed by atoms with Crippen LogP contribution in [0, 0.1) is 6.92 Å². The van der Waals surface area contributed by atoms with Crippen LogP contribution in [-0.2, 0) is 6.54 Å². The number of rotatable bonds is 4. The van der Waals surface area contributed by atoms with Crippen LogP contribution in [0.1, 0.15) is 22.9 Å². The minimum Gasteiger partial charge on any atom is -0.394 e. The number of imidazole rings is 1. The molecule has 0 aliphatic heterocycles. The highest BCUT2D eigenvalue weighted by molar-refractivity contribution is 5.23. The molecule has 2 aromatic rings. The zero-order chi connectivity index (χ0) is 12.3. The topological polar surface area (TPSA) is 64.1 Å². The number of aryl methyl sites for hydroxylation is 1. The lowest BCUT2D eigenvalue weighted by Gasteiger charge is -2.12. The van der Waals surface area contributed by atoms with Crippen LogP contribution in [0.3, 0.4) is 0 Å². The summed E-state index contributed by atoms with van der Waals surface area (Å²) in [6.45, 7) is 2.72. The highest BCUT2D eigenvalue weighted by atomic mass is 16.3. The number of aliphatic hydroxyl groups excluding tert-OH is 1. The third-order valence-electron chi connectivity index (χ3n) is 2.76. The third-order valence-corrected chi connectivity index (χ3v) is 2.76. The standard InChI is InChI=1S/C13H17N3O/c1-10-3-2-4-11(5-10)7-16-9-15-6-13(16)12(14)8-17/h2-6,9,12,17H,7-8,14H2,1H3. The second kappa shape index (κ2) is 5.12. The molecule has 1 aromatic heterocycles. The zero-order valence-corrected chi connectivity index (χ0v) is 9.87. The average molecular weight is 231 g/mol. The lowest BCUT2D eigenvalue weighted by Crippen LogP contribution is -2.19. The molecule has 1 atom stereocenters. The van der Waals surface area contributed by atoms with E-state index in [0.29, 0.717) is 0 Å². The predicted molar refractivity (Wildman–Crippen MR) is 66.5 cm³/mol. The van der Waals surface area contributed by atoms with Gasteiger partial charge in [0, 0.05) is 12.7 Å². The number of benzene rings is 1. The Morgan fingerprint density at radius 2 is 2.29 bits per heavy atom. The summed E-state index contributed by atoms with van der Waals surface area (Å²) in [5, 5.41) is 9.08. The summed E-state index contributed by atoms with van der Waals surface area (Å²) >= 11 is 0. The van der Waals surface area contributed by atoms with E-state index in [-0.39, 0.29) is 12.6 Å². The molecule has 0 bridgehead atoms. The van der Waals surface area contributed by atoms with Gasteiger partial charge < -0.3 is 15.4 Å². The van der Waals surface area contributed by atoms with E-state index in [2.05, 4.69) is 30.1 Å². The summed E-state index contributed by atoms with van der Waals surface area (Å²) in [5.41, 5.74) is 9.10. The molecule has 3 N–H and O–H groups in total. The summed E-state index contributed by atoms with van der Waals surface area (Å²) in [6.07, 6.45) is 3.45. The van der Waals surface area contributed by atoms with Gasteiger partial charge in [-0.05, 0) is 12.5 Å². The van der Waals surface area contributed by atoms with E-state index in [4.69, 9.17) is 10.8 Å². The zero-order valence-electron chi connectivity index (χ0n) is 9.87. The highest BCUT2D eigenvalue weighted by Gasteiger charge is 2.10. The van der Waals surface area contributed by atoms with Gasteiger partial charge in [0.05, 0.1) is 24.7 Å². The highest BCUT2D eigenvalue weighted by Crippen LogP contribution is 2.12. The monoisotopic (exact) mass is 231 g/mol. The van der Waals surface area contributed by atoms with Gasteiger partial charge in [-0.25, -0.2) is 4.98 Å². The number of aromatic nitrogens is 2. The summed E-state index contributed by atoms with van der Waals surface area (Å²) in [4.78, 5) is 4.08. The number of nitrogens with two attached hydrogens (primary N) is 1. The SMILES string of the molecule is Cc1cccc(Cn2cncc2C(N)CO)c1. The van der Waals surface area contributed by atoms with Crippen molar-refractivity contribution in [3.05, 3.63) is 53.6 Å². The average Bonchev–Trinajstić information content (AvgIpc) is 2.76. The van der Waals surface area contributed by atoms with Crippen LogP contribution in [-0.4, -0.2) is 21.3 Å². The third kappa shape index (κ3) is 2.72. The minimum absolute atomic E-state index is 0.0699. The quantitative estimate of drug-likeness (QED) is 0.832. The van der Waals surface area contributed by atoms with E-state index < -0.39 is 0 Å². The summed E-state index contributed by atoms with van der Waals surface area (Å²) in [6, 6.07) is 7.93. The maximum Gasteiger partial charge on any atom is 0.0951 e. The summed E-state index contributed by atoms with van der Waals surface area (Å²) < 4.78 is 1.97. The fourth-order valence-electron chi connectivity index (χ4n) is 1.87. The molecule has 0 spiro atoms. The van der Waals surface area contributed by atoms with Gasteiger partial charge in [0.25, 0.3) is 0 Å². The van der Waals surface area contributed by atoms with Crippen molar-refractivity contribution in [3.8, 4) is 0 Å². The maximum atomic E-state index is 9.08. The smallest absolute Gasteiger partial charge is 0.0951 e. The maximum absolute atomic E-state index is 9.08. The van der Waals surface area contributed by atoms with Crippen LogP contribution >= 0.6 is 0 Å². The van der Waals surface area contributed by atoms with Crippen molar-refractivity contribution in [2.75, 3.05) is 6.61 Å². The number of aliphatic hydroxyl groups is 1. The lowest BCUT2D eigenvalue weighted by atomic mass is 10.1. The molecule has 0 saturated heterocycles. The minimum atomic E-state index is -0.373. The van der Waals surface area contributed by atoms with E-state index in [1.54, 1.807) is 12.5 Å². The summed E-state index contributed by atoms with van der Waals surface area (Å²) in [5.74, 6) is 0. The first kappa shape index (κ1) is 11.8. The second-order valence-electron chi connectivity index (χ2n) is 4.22. The molecule has 90 valence electrons. The molecule has 17 heavy (non-hydrogen) atoms. The molecular formula is C13H17N3O. The van der Waals surface area contributed by atoms with Gasteiger partial charge in [-0.1, -0.05) is 29.8 Å². The van der Waals surface area contributed by atoms with Crippen LogP contribution in [0.15, 0.2) is 36.8 Å². The Labute approximate surface area is 101 Å². The molecule has 4 nitrogen and oxygen atoms in total. The van der Waals surface area contributed by atoms with E-state index in [1.165, 1.54) is 11.1 Å². The fourth-order valence-corrected chi connectivity index (χ4v) is 1.87. The molecule has 0 aliphatic rings.